The van der Waals surface area contributed by atoms with Gasteiger partial charge in [0.2, 0.25) is 0 Å². The minimum atomic E-state index is -0.275. The van der Waals surface area contributed by atoms with Gasteiger partial charge in [0.25, 0.3) is 0 Å². The molecule has 0 spiro atoms. The minimum Gasteiger partial charge on any atom is -0.335 e. The molecule has 0 aliphatic heterocycles. The first-order valence-electron chi connectivity index (χ1n) is 5.52. The number of rotatable bonds is 2. The molecule has 2 heterocycles. The molecule has 0 aliphatic rings. The molecule has 18 heavy (non-hydrogen) atoms. The molecule has 1 unspecified atom stereocenters. The molecule has 3 aromatic rings. The Kier molecular flexibility index (Phi) is 2.68. The van der Waals surface area contributed by atoms with Gasteiger partial charge in [-0.1, -0.05) is 6.07 Å². The average molecular weight is 306 g/mol. The van der Waals surface area contributed by atoms with Crippen molar-refractivity contribution < 1.29 is 0 Å². The van der Waals surface area contributed by atoms with Crippen molar-refractivity contribution in [3.63, 3.8) is 0 Å². The Balaban J connectivity index is 2.03. The lowest BCUT2D eigenvalue weighted by Crippen LogP contribution is -2.13. The number of halogens is 1. The summed E-state index contributed by atoms with van der Waals surface area (Å²) < 4.78 is 2.81. The first-order chi connectivity index (χ1) is 8.65. The fraction of sp³-hybridized carbons (Fsp3) is 0.167. The van der Waals surface area contributed by atoms with Crippen LogP contribution < -0.4 is 5.73 Å². The second-order valence-electron chi connectivity index (χ2n) is 4.20. The summed E-state index contributed by atoms with van der Waals surface area (Å²) in [6, 6.07) is 5.75. The summed E-state index contributed by atoms with van der Waals surface area (Å²) in [7, 11) is 1.97. The highest BCUT2D eigenvalue weighted by Crippen LogP contribution is 2.22. The first-order valence-corrected chi connectivity index (χ1v) is 6.31. The van der Waals surface area contributed by atoms with Crippen molar-refractivity contribution in [2.45, 2.75) is 6.04 Å². The van der Waals surface area contributed by atoms with Gasteiger partial charge in [0.15, 0.2) is 0 Å². The lowest BCUT2D eigenvalue weighted by Gasteiger charge is -2.09. The van der Waals surface area contributed by atoms with Crippen molar-refractivity contribution in [3.05, 3.63) is 46.7 Å². The maximum atomic E-state index is 6.18. The van der Waals surface area contributed by atoms with Gasteiger partial charge in [-0.25, -0.2) is 9.97 Å². The van der Waals surface area contributed by atoms with Crippen LogP contribution in [0.25, 0.3) is 11.0 Å². The Labute approximate surface area is 112 Å². The average Bonchev–Trinajstić information content (AvgIpc) is 2.95. The van der Waals surface area contributed by atoms with Crippen LogP contribution in [0.15, 0.2) is 35.3 Å². The number of aryl methyl sites for hydroxylation is 1. The number of aromatic amines is 1. The number of fused-ring (bicyclic) bond motifs is 1. The van der Waals surface area contributed by atoms with Crippen LogP contribution in [-0.4, -0.2) is 19.5 Å². The first kappa shape index (κ1) is 11.4. The van der Waals surface area contributed by atoms with Gasteiger partial charge in [0.1, 0.15) is 10.4 Å². The van der Waals surface area contributed by atoms with Gasteiger partial charge in [-0.05, 0) is 33.6 Å². The quantitative estimate of drug-likeness (QED) is 0.761. The molecule has 0 radical (unpaired) electrons. The standard InChI is InChI=1S/C12H12BrN5/c1-18-6-16-8-4-7(2-3-9(8)18)11(14)12-15-5-10(13)17-12/h2-6,11H,14H2,1H3,(H,15,17). The molecule has 0 aliphatic carbocycles. The predicted molar refractivity (Wildman–Crippen MR) is 73.0 cm³/mol. The zero-order valence-corrected chi connectivity index (χ0v) is 11.3. The third-order valence-electron chi connectivity index (χ3n) is 2.97. The molecule has 92 valence electrons. The van der Waals surface area contributed by atoms with Gasteiger partial charge in [-0.15, -0.1) is 0 Å². The maximum absolute atomic E-state index is 6.18. The highest BCUT2D eigenvalue weighted by Gasteiger charge is 2.13. The van der Waals surface area contributed by atoms with E-state index in [1.807, 2.05) is 29.8 Å². The number of hydrogen-bond acceptors (Lipinski definition) is 3. The zero-order valence-electron chi connectivity index (χ0n) is 9.76. The van der Waals surface area contributed by atoms with Crippen molar-refractivity contribution in [1.82, 2.24) is 19.5 Å². The Bertz CT molecular complexity index is 699. The van der Waals surface area contributed by atoms with E-state index in [2.05, 4.69) is 30.9 Å². The van der Waals surface area contributed by atoms with Crippen LogP contribution in [0.5, 0.6) is 0 Å². The SMILES string of the molecule is Cn1cnc2cc(C(N)c3ncc(Br)[nH]3)ccc21. The normalized spacial score (nSPS) is 13.1. The Morgan fingerprint density at radius 3 is 2.94 bits per heavy atom. The fourth-order valence-corrected chi connectivity index (χ4v) is 2.28. The third kappa shape index (κ3) is 1.83. The lowest BCUT2D eigenvalue weighted by atomic mass is 10.1. The Morgan fingerprint density at radius 1 is 1.39 bits per heavy atom. The highest BCUT2D eigenvalue weighted by molar-refractivity contribution is 9.10. The van der Waals surface area contributed by atoms with Crippen LogP contribution in [0.3, 0.4) is 0 Å². The van der Waals surface area contributed by atoms with Crippen LogP contribution in [0, 0.1) is 0 Å². The van der Waals surface area contributed by atoms with Gasteiger partial charge in [-0.2, -0.15) is 0 Å². The van der Waals surface area contributed by atoms with Crippen molar-refractivity contribution in [2.75, 3.05) is 0 Å². The summed E-state index contributed by atoms with van der Waals surface area (Å²) in [6.45, 7) is 0. The van der Waals surface area contributed by atoms with Gasteiger partial charge < -0.3 is 15.3 Å². The van der Waals surface area contributed by atoms with E-state index in [-0.39, 0.29) is 6.04 Å². The Hall–Kier alpha value is -1.66. The summed E-state index contributed by atoms with van der Waals surface area (Å²) in [4.78, 5) is 11.6. The summed E-state index contributed by atoms with van der Waals surface area (Å²) in [5.41, 5.74) is 9.20. The molecule has 2 aromatic heterocycles. The third-order valence-corrected chi connectivity index (χ3v) is 3.37. The number of nitrogens with zero attached hydrogens (tertiary/aromatic N) is 3. The second-order valence-corrected chi connectivity index (χ2v) is 5.05. The molecule has 0 bridgehead atoms. The van der Waals surface area contributed by atoms with Crippen LogP contribution in [-0.2, 0) is 7.05 Å². The van der Waals surface area contributed by atoms with E-state index in [0.29, 0.717) is 0 Å². The summed E-state index contributed by atoms with van der Waals surface area (Å²) in [5, 5.41) is 0. The molecule has 0 fully saturated rings. The highest BCUT2D eigenvalue weighted by atomic mass is 79.9. The fourth-order valence-electron chi connectivity index (χ4n) is 1.98. The molecule has 1 aromatic carbocycles. The minimum absolute atomic E-state index is 0.275. The number of hydrogen-bond donors (Lipinski definition) is 2. The summed E-state index contributed by atoms with van der Waals surface area (Å²) >= 11 is 3.33. The summed E-state index contributed by atoms with van der Waals surface area (Å²) in [5.74, 6) is 0.733. The number of nitrogens with two attached hydrogens (primary N) is 1. The van der Waals surface area contributed by atoms with E-state index in [1.54, 1.807) is 12.5 Å². The van der Waals surface area contributed by atoms with Crippen LogP contribution >= 0.6 is 15.9 Å². The number of H-pyrrole nitrogens is 1. The molecule has 5 nitrogen and oxygen atoms in total. The van der Waals surface area contributed by atoms with Crippen LogP contribution in [0.2, 0.25) is 0 Å². The molecule has 0 saturated heterocycles. The van der Waals surface area contributed by atoms with Crippen LogP contribution in [0.4, 0.5) is 0 Å². The Morgan fingerprint density at radius 2 is 2.22 bits per heavy atom. The molecule has 1 atom stereocenters. The van der Waals surface area contributed by atoms with Gasteiger partial charge >= 0.3 is 0 Å². The zero-order chi connectivity index (χ0) is 12.7. The molecule has 6 heteroatoms. The smallest absolute Gasteiger partial charge is 0.128 e. The topological polar surface area (TPSA) is 72.5 Å². The van der Waals surface area contributed by atoms with Gasteiger partial charge in [-0.3, -0.25) is 0 Å². The van der Waals surface area contributed by atoms with Gasteiger partial charge in [0, 0.05) is 7.05 Å². The predicted octanol–water partition coefficient (Wildman–Crippen LogP) is 2.11. The molecular formula is C12H12BrN5. The largest absolute Gasteiger partial charge is 0.335 e. The summed E-state index contributed by atoms with van der Waals surface area (Å²) in [6.07, 6.45) is 3.50. The lowest BCUT2D eigenvalue weighted by molar-refractivity contribution is 0.800. The van der Waals surface area contributed by atoms with Crippen molar-refractivity contribution >= 4 is 27.0 Å². The van der Waals surface area contributed by atoms with E-state index < -0.39 is 0 Å². The van der Waals surface area contributed by atoms with Gasteiger partial charge in [0.05, 0.1) is 29.6 Å². The van der Waals surface area contributed by atoms with E-state index in [0.717, 1.165) is 27.0 Å². The molecule has 0 saturated carbocycles. The number of imidazole rings is 2. The van der Waals surface area contributed by atoms with Crippen molar-refractivity contribution in [2.24, 2.45) is 12.8 Å². The molecule has 0 amide bonds. The number of nitrogens with one attached hydrogen (secondary N) is 1. The monoisotopic (exact) mass is 305 g/mol. The van der Waals surface area contributed by atoms with E-state index >= 15 is 0 Å². The second kappa shape index (κ2) is 4.22. The number of aromatic nitrogens is 4. The van der Waals surface area contributed by atoms with Crippen LogP contribution in [0.1, 0.15) is 17.4 Å². The molecule has 3 rings (SSSR count). The van der Waals surface area contributed by atoms with E-state index in [1.165, 1.54) is 0 Å². The number of benzene rings is 1. The van der Waals surface area contributed by atoms with Crippen molar-refractivity contribution in [3.8, 4) is 0 Å². The molecule has 3 N–H and O–H groups in total. The van der Waals surface area contributed by atoms with E-state index in [4.69, 9.17) is 5.73 Å². The maximum Gasteiger partial charge on any atom is 0.128 e. The van der Waals surface area contributed by atoms with E-state index in [9.17, 15) is 0 Å². The molecular weight excluding hydrogens is 294 g/mol. The van der Waals surface area contributed by atoms with Crippen molar-refractivity contribution in [1.29, 1.82) is 0 Å².